The summed E-state index contributed by atoms with van der Waals surface area (Å²) in [4.78, 5) is 2.58. The van der Waals surface area contributed by atoms with Crippen LogP contribution in [0.5, 0.6) is 0 Å². The van der Waals surface area contributed by atoms with Gasteiger partial charge < -0.3 is 14.9 Å². The Bertz CT molecular complexity index is 344. The van der Waals surface area contributed by atoms with Crippen molar-refractivity contribution in [2.45, 2.75) is 79.1 Å². The summed E-state index contributed by atoms with van der Waals surface area (Å²) in [7, 11) is 4.90. The molecule has 0 heterocycles. The molecule has 140 valence electrons. The van der Waals surface area contributed by atoms with E-state index in [1.165, 1.54) is 81.1 Å². The predicted molar refractivity (Wildman–Crippen MR) is 105 cm³/mol. The van der Waals surface area contributed by atoms with Gasteiger partial charge in [0.25, 0.3) is 0 Å². The van der Waals surface area contributed by atoms with Gasteiger partial charge in [-0.2, -0.15) is 5.26 Å². The van der Waals surface area contributed by atoms with Crippen LogP contribution in [0.4, 0.5) is 0 Å². The van der Waals surface area contributed by atoms with Crippen molar-refractivity contribution < 1.29 is 4.48 Å². The molecule has 0 radical (unpaired) electrons. The molecule has 0 aromatic rings. The number of aliphatic imine (C=N–C) groups is 1. The number of hydrogen-bond donors (Lipinski definition) is 0. The maximum absolute atomic E-state index is 7.43. The fourth-order valence-electron chi connectivity index (χ4n) is 3.33. The highest BCUT2D eigenvalue weighted by Crippen LogP contribution is 2.21. The van der Waals surface area contributed by atoms with Gasteiger partial charge in [-0.25, -0.2) is 0 Å². The molecule has 0 aromatic heterocycles. The summed E-state index contributed by atoms with van der Waals surface area (Å²) in [5.74, 6) is 1.86. The standard InChI is InChI=1S/C18H40N.C2N3/c1-7-11-13-17(9-3)15-19(5,6)16-18(10-4)14-12-8-2;3-1-5-2-4/h17-18H,7-16H2,1-6H3;/q+1;-1. The lowest BCUT2D eigenvalue weighted by Crippen LogP contribution is -2.46. The van der Waals surface area contributed by atoms with E-state index in [9.17, 15) is 0 Å². The molecule has 0 amide bonds. The molecule has 0 aromatic carbocycles. The van der Waals surface area contributed by atoms with Gasteiger partial charge in [-0.1, -0.05) is 53.4 Å². The first-order valence-electron chi connectivity index (χ1n) is 9.70. The lowest BCUT2D eigenvalue weighted by atomic mass is 9.95. The van der Waals surface area contributed by atoms with Crippen LogP contribution < -0.4 is 0 Å². The summed E-state index contributed by atoms with van der Waals surface area (Å²) in [5.41, 5.74) is 0. The van der Waals surface area contributed by atoms with Gasteiger partial charge in [-0.05, 0) is 25.7 Å². The van der Waals surface area contributed by atoms with Crippen LogP contribution in [-0.4, -0.2) is 37.7 Å². The maximum Gasteiger partial charge on any atom is 0.0925 e. The van der Waals surface area contributed by atoms with E-state index in [-0.39, 0.29) is 0 Å². The average Bonchev–Trinajstić information content (AvgIpc) is 2.56. The first-order chi connectivity index (χ1) is 11.4. The number of rotatable bonds is 12. The molecule has 0 aliphatic carbocycles. The Morgan fingerprint density at radius 2 is 1.33 bits per heavy atom. The fraction of sp³-hybridized carbons (Fsp3) is 0.900. The summed E-state index contributed by atoms with van der Waals surface area (Å²) < 4.78 is 1.23. The van der Waals surface area contributed by atoms with E-state index in [1.807, 2.05) is 0 Å². The Kier molecular flexibility index (Phi) is 17.4. The molecule has 0 fully saturated rings. The van der Waals surface area contributed by atoms with Crippen molar-refractivity contribution in [2.75, 3.05) is 27.2 Å². The van der Waals surface area contributed by atoms with Crippen molar-refractivity contribution in [3.63, 3.8) is 0 Å². The van der Waals surface area contributed by atoms with Gasteiger partial charge in [0.2, 0.25) is 0 Å². The van der Waals surface area contributed by atoms with Gasteiger partial charge in [0.05, 0.1) is 33.4 Å². The molecular weight excluding hydrogens is 296 g/mol. The second kappa shape index (κ2) is 16.7. The highest BCUT2D eigenvalue weighted by atomic mass is 15.3. The molecule has 0 aliphatic rings. The first kappa shape index (κ1) is 25.1. The van der Waals surface area contributed by atoms with Gasteiger partial charge in [0.15, 0.2) is 0 Å². The van der Waals surface area contributed by atoms with Crippen molar-refractivity contribution in [1.29, 1.82) is 5.26 Å². The fourth-order valence-corrected chi connectivity index (χ4v) is 3.33. The zero-order chi connectivity index (χ0) is 18.8. The summed E-state index contributed by atoms with van der Waals surface area (Å²) in [5, 5.41) is 14.9. The van der Waals surface area contributed by atoms with E-state index in [0.717, 1.165) is 11.8 Å². The minimum absolute atomic E-state index is 0.929. The molecule has 4 heteroatoms. The Labute approximate surface area is 151 Å². The van der Waals surface area contributed by atoms with Crippen molar-refractivity contribution >= 4 is 6.01 Å². The number of quaternary nitrogens is 1. The molecule has 0 aliphatic heterocycles. The zero-order valence-corrected chi connectivity index (χ0v) is 17.0. The smallest absolute Gasteiger partial charge is 0.0925 e. The van der Waals surface area contributed by atoms with E-state index >= 15 is 0 Å². The normalized spacial score (nSPS) is 13.0. The summed E-state index contributed by atoms with van der Waals surface area (Å²) >= 11 is 0. The third-order valence-corrected chi connectivity index (χ3v) is 4.69. The van der Waals surface area contributed by atoms with E-state index in [0.29, 0.717) is 0 Å². The quantitative estimate of drug-likeness (QED) is 0.256. The van der Waals surface area contributed by atoms with E-state index in [4.69, 9.17) is 10.7 Å². The second-order valence-corrected chi connectivity index (χ2v) is 7.45. The molecule has 0 N–H and O–H groups in total. The van der Waals surface area contributed by atoms with Gasteiger partial charge >= 0.3 is 0 Å². The number of nitrogens with zero attached hydrogens (tertiary/aromatic N) is 4. The molecule has 24 heavy (non-hydrogen) atoms. The Hall–Kier alpha value is -1.17. The van der Waals surface area contributed by atoms with E-state index in [1.54, 1.807) is 0 Å². The van der Waals surface area contributed by atoms with Crippen LogP contribution >= 0.6 is 0 Å². The average molecular weight is 337 g/mol. The van der Waals surface area contributed by atoms with Crippen molar-refractivity contribution in [1.82, 2.24) is 0 Å². The van der Waals surface area contributed by atoms with Crippen molar-refractivity contribution in [3.05, 3.63) is 5.41 Å². The molecule has 2 unspecified atom stereocenters. The number of unbranched alkanes of at least 4 members (excludes halogenated alkanes) is 2. The van der Waals surface area contributed by atoms with Gasteiger partial charge in [0.1, 0.15) is 0 Å². The molecule has 0 spiro atoms. The maximum atomic E-state index is 7.43. The summed E-state index contributed by atoms with van der Waals surface area (Å²) in [6.07, 6.45) is 12.4. The highest BCUT2D eigenvalue weighted by Gasteiger charge is 2.24. The van der Waals surface area contributed by atoms with Crippen LogP contribution in [0.1, 0.15) is 79.1 Å². The first-order valence-corrected chi connectivity index (χ1v) is 9.70. The van der Waals surface area contributed by atoms with Crippen LogP contribution in [0.2, 0.25) is 0 Å². The largest absolute Gasteiger partial charge is 0.422 e. The van der Waals surface area contributed by atoms with Gasteiger partial charge in [-0.3, -0.25) is 0 Å². The third-order valence-electron chi connectivity index (χ3n) is 4.69. The molecule has 2 atom stereocenters. The molecule has 0 bridgehead atoms. The SMILES string of the molecule is CCCCC(CC)C[N+](C)(C)CC(CC)CCCC.N#CN=C=[N-]. The van der Waals surface area contributed by atoms with E-state index in [2.05, 4.69) is 46.8 Å². The Morgan fingerprint density at radius 1 is 0.917 bits per heavy atom. The summed E-state index contributed by atoms with van der Waals surface area (Å²) in [6, 6.07) is 1.28. The minimum atomic E-state index is 0.929. The van der Waals surface area contributed by atoms with Crippen LogP contribution in [0.25, 0.3) is 5.41 Å². The van der Waals surface area contributed by atoms with Crippen LogP contribution in [0.15, 0.2) is 4.99 Å². The predicted octanol–water partition coefficient (Wildman–Crippen LogP) is 5.71. The number of nitriles is 1. The van der Waals surface area contributed by atoms with Gasteiger partial charge in [-0.15, -0.1) is 6.01 Å². The zero-order valence-electron chi connectivity index (χ0n) is 17.0. The Balaban J connectivity index is 0. The lowest BCUT2D eigenvalue weighted by molar-refractivity contribution is -0.897. The number of hydrogen-bond acceptors (Lipinski definition) is 2. The minimum Gasteiger partial charge on any atom is -0.422 e. The molecular formula is C20H40N4. The van der Waals surface area contributed by atoms with Crippen LogP contribution in [0.3, 0.4) is 0 Å². The van der Waals surface area contributed by atoms with Crippen molar-refractivity contribution in [3.8, 4) is 6.19 Å². The highest BCUT2D eigenvalue weighted by molar-refractivity contribution is 5.46. The molecule has 4 nitrogen and oxygen atoms in total. The summed E-state index contributed by atoms with van der Waals surface area (Å²) in [6.45, 7) is 12.1. The second-order valence-electron chi connectivity index (χ2n) is 7.45. The monoisotopic (exact) mass is 336 g/mol. The molecule has 0 saturated carbocycles. The van der Waals surface area contributed by atoms with E-state index < -0.39 is 0 Å². The van der Waals surface area contributed by atoms with Gasteiger partial charge in [0, 0.05) is 11.8 Å². The lowest BCUT2D eigenvalue weighted by Gasteiger charge is -2.36. The van der Waals surface area contributed by atoms with Crippen LogP contribution in [0, 0.1) is 23.3 Å². The Morgan fingerprint density at radius 3 is 1.54 bits per heavy atom. The third kappa shape index (κ3) is 15.7. The topological polar surface area (TPSA) is 58.5 Å². The molecule has 0 rings (SSSR count). The molecule has 0 saturated heterocycles. The van der Waals surface area contributed by atoms with Crippen molar-refractivity contribution in [2.24, 2.45) is 16.8 Å². The van der Waals surface area contributed by atoms with Crippen LogP contribution in [-0.2, 0) is 0 Å².